The molecule has 202 valence electrons. The first-order valence-corrected chi connectivity index (χ1v) is 13.8. The fourth-order valence-electron chi connectivity index (χ4n) is 4.38. The van der Waals surface area contributed by atoms with Gasteiger partial charge in [-0.05, 0) is 66.9 Å². The third-order valence-corrected chi connectivity index (χ3v) is 8.43. The highest BCUT2D eigenvalue weighted by Crippen LogP contribution is 2.27. The van der Waals surface area contributed by atoms with Gasteiger partial charge in [0, 0.05) is 44.9 Å². The SMILES string of the molecule is O=[N+]([O-])c1ccc(S(=O)(=O)N2CCN(CCCCOC(c3ccc(F)cc3)c3ccc(F)cc3)CC2)cc1. The number of unbranched alkanes of at least 4 members (excludes halogenated alkanes) is 1. The van der Waals surface area contributed by atoms with Crippen molar-refractivity contribution >= 4 is 15.7 Å². The summed E-state index contributed by atoms with van der Waals surface area (Å²) in [6.07, 6.45) is 1.17. The van der Waals surface area contributed by atoms with Gasteiger partial charge in [-0.3, -0.25) is 10.1 Å². The maximum absolute atomic E-state index is 13.4. The normalized spacial score (nSPS) is 15.1. The fraction of sp³-hybridized carbons (Fsp3) is 0.333. The van der Waals surface area contributed by atoms with E-state index in [9.17, 15) is 27.3 Å². The van der Waals surface area contributed by atoms with E-state index < -0.39 is 21.1 Å². The summed E-state index contributed by atoms with van der Waals surface area (Å²) in [7, 11) is -3.71. The average Bonchev–Trinajstić information content (AvgIpc) is 2.92. The zero-order chi connectivity index (χ0) is 27.1. The quantitative estimate of drug-likeness (QED) is 0.196. The van der Waals surface area contributed by atoms with Crippen LogP contribution < -0.4 is 0 Å². The number of halogens is 2. The molecule has 0 saturated carbocycles. The Morgan fingerprint density at radius 1 is 0.816 bits per heavy atom. The van der Waals surface area contributed by atoms with Crippen LogP contribution in [0, 0.1) is 21.7 Å². The highest BCUT2D eigenvalue weighted by Gasteiger charge is 2.28. The molecule has 0 atom stereocenters. The highest BCUT2D eigenvalue weighted by atomic mass is 32.2. The van der Waals surface area contributed by atoms with Crippen LogP contribution in [0.3, 0.4) is 0 Å². The van der Waals surface area contributed by atoms with Crippen LogP contribution in [0.1, 0.15) is 30.1 Å². The van der Waals surface area contributed by atoms with Crippen LogP contribution in [0.4, 0.5) is 14.5 Å². The van der Waals surface area contributed by atoms with Crippen molar-refractivity contribution in [3.8, 4) is 0 Å². The van der Waals surface area contributed by atoms with Gasteiger partial charge in [0.25, 0.3) is 5.69 Å². The Labute approximate surface area is 220 Å². The molecule has 0 aromatic heterocycles. The lowest BCUT2D eigenvalue weighted by Crippen LogP contribution is -2.48. The molecule has 0 bridgehead atoms. The lowest BCUT2D eigenvalue weighted by molar-refractivity contribution is -0.384. The Bertz CT molecular complexity index is 1270. The third kappa shape index (κ3) is 6.98. The van der Waals surface area contributed by atoms with E-state index in [2.05, 4.69) is 4.90 Å². The number of nitro groups is 1. The number of non-ortho nitro benzene ring substituents is 1. The molecule has 0 N–H and O–H groups in total. The second-order valence-corrected chi connectivity index (χ2v) is 11.0. The Morgan fingerprint density at radius 2 is 1.34 bits per heavy atom. The molecule has 3 aromatic carbocycles. The number of hydrogen-bond acceptors (Lipinski definition) is 6. The molecule has 8 nitrogen and oxygen atoms in total. The van der Waals surface area contributed by atoms with E-state index in [-0.39, 0.29) is 22.2 Å². The maximum atomic E-state index is 13.4. The van der Waals surface area contributed by atoms with E-state index in [1.165, 1.54) is 52.8 Å². The monoisotopic (exact) mass is 545 g/mol. The predicted octanol–water partition coefficient (Wildman–Crippen LogP) is 4.77. The first-order chi connectivity index (χ1) is 18.2. The molecule has 1 fully saturated rings. The summed E-state index contributed by atoms with van der Waals surface area (Å²) < 4.78 is 60.1. The number of ether oxygens (including phenoxy) is 1. The van der Waals surface area contributed by atoms with Gasteiger partial charge in [-0.15, -0.1) is 0 Å². The van der Waals surface area contributed by atoms with E-state index in [1.807, 2.05) is 0 Å². The fourth-order valence-corrected chi connectivity index (χ4v) is 5.80. The van der Waals surface area contributed by atoms with Gasteiger partial charge < -0.3 is 9.64 Å². The Kier molecular flexibility index (Phi) is 9.16. The van der Waals surface area contributed by atoms with Crippen molar-refractivity contribution in [1.29, 1.82) is 0 Å². The van der Waals surface area contributed by atoms with Crippen LogP contribution in [0.25, 0.3) is 0 Å². The molecule has 1 saturated heterocycles. The average molecular weight is 546 g/mol. The van der Waals surface area contributed by atoms with E-state index in [1.54, 1.807) is 24.3 Å². The van der Waals surface area contributed by atoms with E-state index in [4.69, 9.17) is 4.74 Å². The van der Waals surface area contributed by atoms with E-state index in [0.717, 1.165) is 30.5 Å². The van der Waals surface area contributed by atoms with Crippen LogP contribution >= 0.6 is 0 Å². The van der Waals surface area contributed by atoms with Gasteiger partial charge >= 0.3 is 0 Å². The summed E-state index contributed by atoms with van der Waals surface area (Å²) in [6.45, 7) is 3.09. The smallest absolute Gasteiger partial charge is 0.269 e. The zero-order valence-electron chi connectivity index (χ0n) is 20.7. The number of nitro benzene ring substituents is 1. The van der Waals surface area contributed by atoms with Crippen LogP contribution in [0.15, 0.2) is 77.7 Å². The molecule has 4 rings (SSSR count). The van der Waals surface area contributed by atoms with E-state index in [0.29, 0.717) is 32.8 Å². The van der Waals surface area contributed by atoms with Crippen LogP contribution in [0.2, 0.25) is 0 Å². The van der Waals surface area contributed by atoms with Crippen LogP contribution in [-0.2, 0) is 14.8 Å². The second-order valence-electron chi connectivity index (χ2n) is 9.06. The number of sulfonamides is 1. The largest absolute Gasteiger partial charge is 0.369 e. The number of hydrogen-bond donors (Lipinski definition) is 0. The lowest BCUT2D eigenvalue weighted by atomic mass is 10.0. The molecule has 0 unspecified atom stereocenters. The van der Waals surface area contributed by atoms with Gasteiger partial charge in [0.2, 0.25) is 10.0 Å². The molecule has 0 amide bonds. The van der Waals surface area contributed by atoms with Crippen molar-refractivity contribution in [1.82, 2.24) is 9.21 Å². The first-order valence-electron chi connectivity index (χ1n) is 12.3. The summed E-state index contributed by atoms with van der Waals surface area (Å²) in [4.78, 5) is 12.5. The molecule has 1 aliphatic rings. The summed E-state index contributed by atoms with van der Waals surface area (Å²) in [6, 6.07) is 17.1. The van der Waals surface area contributed by atoms with Crippen molar-refractivity contribution in [2.24, 2.45) is 0 Å². The molecular weight excluding hydrogens is 516 g/mol. The van der Waals surface area contributed by atoms with Gasteiger partial charge in [-0.1, -0.05) is 24.3 Å². The second kappa shape index (κ2) is 12.5. The van der Waals surface area contributed by atoms with E-state index >= 15 is 0 Å². The highest BCUT2D eigenvalue weighted by molar-refractivity contribution is 7.89. The molecule has 1 aliphatic heterocycles. The van der Waals surface area contributed by atoms with Crippen molar-refractivity contribution in [2.45, 2.75) is 23.8 Å². The van der Waals surface area contributed by atoms with Gasteiger partial charge in [0.1, 0.15) is 17.7 Å². The topological polar surface area (TPSA) is 93.0 Å². The maximum Gasteiger partial charge on any atom is 0.269 e. The molecule has 1 heterocycles. The van der Waals surface area contributed by atoms with Gasteiger partial charge in [-0.2, -0.15) is 4.31 Å². The predicted molar refractivity (Wildman–Crippen MR) is 138 cm³/mol. The molecular formula is C27H29F2N3O5S. The minimum atomic E-state index is -3.71. The summed E-state index contributed by atoms with van der Waals surface area (Å²) in [5, 5.41) is 10.8. The number of benzene rings is 3. The zero-order valence-corrected chi connectivity index (χ0v) is 21.5. The molecule has 0 radical (unpaired) electrons. The van der Waals surface area contributed by atoms with Crippen molar-refractivity contribution in [3.63, 3.8) is 0 Å². The minimum Gasteiger partial charge on any atom is -0.369 e. The number of piperazine rings is 1. The van der Waals surface area contributed by atoms with Crippen molar-refractivity contribution < 1.29 is 26.9 Å². The molecule has 38 heavy (non-hydrogen) atoms. The standard InChI is InChI=1S/C27H29F2N3O5S/c28-23-7-3-21(4-8-23)27(22-5-9-24(29)10-6-22)37-20-2-1-15-30-16-18-31(19-17-30)38(35,36)26-13-11-25(12-14-26)32(33)34/h3-14,27H,1-2,15-20H2. The molecule has 0 aliphatic carbocycles. The molecule has 0 spiro atoms. The minimum absolute atomic E-state index is 0.0468. The molecule has 3 aromatic rings. The van der Waals surface area contributed by atoms with Gasteiger partial charge in [-0.25, -0.2) is 17.2 Å². The third-order valence-electron chi connectivity index (χ3n) is 6.52. The number of rotatable bonds is 11. The van der Waals surface area contributed by atoms with Gasteiger partial charge in [0.15, 0.2) is 0 Å². The van der Waals surface area contributed by atoms with Gasteiger partial charge in [0.05, 0.1) is 9.82 Å². The Balaban J connectivity index is 1.24. The first kappa shape index (κ1) is 27.8. The van der Waals surface area contributed by atoms with Crippen LogP contribution in [-0.4, -0.2) is 61.9 Å². The lowest BCUT2D eigenvalue weighted by Gasteiger charge is -2.34. The Hall–Kier alpha value is -3.25. The summed E-state index contributed by atoms with van der Waals surface area (Å²) in [5.74, 6) is -0.681. The number of nitrogens with zero attached hydrogens (tertiary/aromatic N) is 3. The summed E-state index contributed by atoms with van der Waals surface area (Å²) in [5.41, 5.74) is 1.41. The summed E-state index contributed by atoms with van der Waals surface area (Å²) >= 11 is 0. The van der Waals surface area contributed by atoms with Crippen molar-refractivity contribution in [2.75, 3.05) is 39.3 Å². The van der Waals surface area contributed by atoms with Crippen molar-refractivity contribution in [3.05, 3.63) is 106 Å². The Morgan fingerprint density at radius 3 is 1.84 bits per heavy atom. The van der Waals surface area contributed by atoms with Crippen LogP contribution in [0.5, 0.6) is 0 Å². The molecule has 11 heteroatoms.